The first-order valence-corrected chi connectivity index (χ1v) is 8.81. The van der Waals surface area contributed by atoms with Crippen molar-refractivity contribution >= 4 is 13.4 Å². The lowest BCUT2D eigenvalue weighted by Crippen LogP contribution is -2.13. The van der Waals surface area contributed by atoms with Crippen LogP contribution in [-0.2, 0) is 18.4 Å². The highest BCUT2D eigenvalue weighted by molar-refractivity contribution is 7.54. The van der Waals surface area contributed by atoms with Crippen LogP contribution in [0.5, 0.6) is 0 Å². The molecular weight excluding hydrogens is 277 g/mol. The molecule has 0 unspecified atom stereocenters. The highest BCUT2D eigenvalue weighted by Crippen LogP contribution is 2.46. The number of carbonyl (C=O) groups is 1. The molecule has 2 N–H and O–H groups in total. The lowest BCUT2D eigenvalue weighted by Gasteiger charge is -2.23. The molecule has 0 bridgehead atoms. The maximum absolute atomic E-state index is 11.8. The van der Waals surface area contributed by atoms with Crippen LogP contribution in [0.3, 0.4) is 0 Å². The van der Waals surface area contributed by atoms with E-state index in [-0.39, 0.29) is 17.4 Å². The number of nitrogens with two attached hydrogens (primary N) is 1. The number of hydrogen-bond acceptors (Lipinski definition) is 5. The minimum absolute atomic E-state index is 0.0469. The molecule has 0 aliphatic carbocycles. The second-order valence-electron chi connectivity index (χ2n) is 5.44. The molecule has 122 valence electrons. The van der Waals surface area contributed by atoms with Crippen molar-refractivity contribution in [3.8, 4) is 0 Å². The van der Waals surface area contributed by atoms with Crippen LogP contribution < -0.4 is 5.73 Å². The third-order valence-electron chi connectivity index (χ3n) is 3.16. The van der Waals surface area contributed by atoms with E-state index in [1.807, 2.05) is 0 Å². The van der Waals surface area contributed by atoms with Crippen LogP contribution in [0, 0.1) is 5.41 Å². The van der Waals surface area contributed by atoms with Crippen molar-refractivity contribution in [2.45, 2.75) is 52.9 Å². The molecule has 0 aliphatic rings. The zero-order chi connectivity index (χ0) is 16.2. The fourth-order valence-corrected chi connectivity index (χ4v) is 3.06. The van der Waals surface area contributed by atoms with Gasteiger partial charge in [0.05, 0.1) is 0 Å². The van der Waals surface area contributed by atoms with Gasteiger partial charge >= 0.3 is 7.60 Å². The van der Waals surface area contributed by atoms with Gasteiger partial charge in [-0.25, -0.2) is 0 Å². The maximum Gasteiger partial charge on any atom is 0.337 e. The predicted octanol–water partition coefficient (Wildman–Crippen LogP) is 3.61. The highest BCUT2D eigenvalue weighted by Gasteiger charge is 2.25. The lowest BCUT2D eigenvalue weighted by atomic mass is 9.83. The van der Waals surface area contributed by atoms with Crippen LogP contribution in [0.15, 0.2) is 0 Å². The van der Waals surface area contributed by atoms with Gasteiger partial charge in [-0.3, -0.25) is 9.36 Å². The summed E-state index contributed by atoms with van der Waals surface area (Å²) >= 11 is 0. The number of rotatable bonds is 10. The Hall–Kier alpha value is -0.220. The largest absolute Gasteiger partial charge is 0.337 e. The molecule has 5 nitrogen and oxygen atoms in total. The molecule has 0 spiro atoms. The quantitative estimate of drug-likeness (QED) is 0.624. The molecule has 6 heteroatoms. The average Bonchev–Trinajstić information content (AvgIpc) is 2.40. The fourth-order valence-electron chi connectivity index (χ4n) is 2.06. The standard InChI is InChI=1S/C13H27O4P.CH5N/c1-6-9-13(2,3)10-7-8-12(14)11-18(15,16-4)17-5;1-2/h6-11H2,1-5H3;2H2,1H3. The first-order chi connectivity index (χ1) is 9.28. The molecule has 0 aromatic rings. The Kier molecular flexibility index (Phi) is 12.6. The average molecular weight is 309 g/mol. The molecule has 0 saturated heterocycles. The Morgan fingerprint density at radius 1 is 1.15 bits per heavy atom. The molecule has 0 aromatic carbocycles. The molecule has 0 amide bonds. The monoisotopic (exact) mass is 309 g/mol. The molecule has 0 aliphatic heterocycles. The molecule has 0 aromatic heterocycles. The van der Waals surface area contributed by atoms with E-state index in [1.165, 1.54) is 21.3 Å². The predicted molar refractivity (Wildman–Crippen MR) is 84.1 cm³/mol. The molecule has 0 heterocycles. The Labute approximate surface area is 124 Å². The summed E-state index contributed by atoms with van der Waals surface area (Å²) in [6.07, 6.45) is 4.49. The van der Waals surface area contributed by atoms with E-state index < -0.39 is 7.60 Å². The van der Waals surface area contributed by atoms with E-state index in [9.17, 15) is 9.36 Å². The van der Waals surface area contributed by atoms with Crippen molar-refractivity contribution in [3.63, 3.8) is 0 Å². The molecule has 20 heavy (non-hydrogen) atoms. The van der Waals surface area contributed by atoms with Crippen LogP contribution in [0.4, 0.5) is 0 Å². The van der Waals surface area contributed by atoms with E-state index in [2.05, 4.69) is 26.5 Å². The maximum atomic E-state index is 11.8. The van der Waals surface area contributed by atoms with Crippen molar-refractivity contribution in [2.75, 3.05) is 27.4 Å². The van der Waals surface area contributed by atoms with Gasteiger partial charge in [-0.15, -0.1) is 0 Å². The van der Waals surface area contributed by atoms with Gasteiger partial charge in [0, 0.05) is 20.6 Å². The van der Waals surface area contributed by atoms with Crippen LogP contribution in [0.1, 0.15) is 52.9 Å². The summed E-state index contributed by atoms with van der Waals surface area (Å²) in [5, 5.41) is 0. The summed E-state index contributed by atoms with van der Waals surface area (Å²) < 4.78 is 21.3. The lowest BCUT2D eigenvalue weighted by molar-refractivity contribution is -0.117. The van der Waals surface area contributed by atoms with E-state index in [4.69, 9.17) is 9.05 Å². The molecule has 0 radical (unpaired) electrons. The Balaban J connectivity index is 0. The zero-order valence-corrected chi connectivity index (χ0v) is 14.8. The molecular formula is C14H32NO4P. The Bertz CT molecular complexity index is 298. The minimum Gasteiger partial charge on any atom is -0.333 e. The Morgan fingerprint density at radius 3 is 2.05 bits per heavy atom. The van der Waals surface area contributed by atoms with Gasteiger partial charge in [-0.05, 0) is 31.7 Å². The number of carbonyl (C=O) groups excluding carboxylic acids is 1. The van der Waals surface area contributed by atoms with Crippen molar-refractivity contribution in [3.05, 3.63) is 0 Å². The smallest absolute Gasteiger partial charge is 0.333 e. The van der Waals surface area contributed by atoms with Gasteiger partial charge in [0.15, 0.2) is 0 Å². The first-order valence-electron chi connectivity index (χ1n) is 7.08. The molecule has 0 saturated carbocycles. The fraction of sp³-hybridized carbons (Fsp3) is 0.929. The summed E-state index contributed by atoms with van der Waals surface area (Å²) in [6, 6.07) is 0. The SMILES string of the molecule is CCCC(C)(C)CCCC(=O)CP(=O)(OC)OC.CN. The van der Waals surface area contributed by atoms with Gasteiger partial charge < -0.3 is 14.8 Å². The second kappa shape index (κ2) is 11.4. The highest BCUT2D eigenvalue weighted by atomic mass is 31.2. The molecule has 0 atom stereocenters. The van der Waals surface area contributed by atoms with Crippen molar-refractivity contribution in [1.29, 1.82) is 0 Å². The third-order valence-corrected chi connectivity index (χ3v) is 5.01. The van der Waals surface area contributed by atoms with Crippen LogP contribution in [-0.4, -0.2) is 33.2 Å². The second-order valence-corrected chi connectivity index (χ2v) is 7.71. The first kappa shape index (κ1) is 22.1. The third kappa shape index (κ3) is 10.6. The van der Waals surface area contributed by atoms with Gasteiger partial charge in [0.2, 0.25) is 0 Å². The van der Waals surface area contributed by atoms with E-state index in [0.717, 1.165) is 25.7 Å². The summed E-state index contributed by atoms with van der Waals surface area (Å²) in [7, 11) is 0.935. The summed E-state index contributed by atoms with van der Waals surface area (Å²) in [4.78, 5) is 11.7. The van der Waals surface area contributed by atoms with Crippen molar-refractivity contribution < 1.29 is 18.4 Å². The van der Waals surface area contributed by atoms with Crippen LogP contribution >= 0.6 is 7.60 Å². The summed E-state index contributed by atoms with van der Waals surface area (Å²) in [5.41, 5.74) is 4.78. The van der Waals surface area contributed by atoms with Gasteiger partial charge in [0.25, 0.3) is 0 Å². The minimum atomic E-state index is -3.18. The number of ketones is 1. The number of hydrogen-bond donors (Lipinski definition) is 1. The topological polar surface area (TPSA) is 78.6 Å². The van der Waals surface area contributed by atoms with Gasteiger partial charge in [0.1, 0.15) is 11.9 Å². The van der Waals surface area contributed by atoms with Crippen molar-refractivity contribution in [2.24, 2.45) is 11.1 Å². The Morgan fingerprint density at radius 2 is 1.65 bits per heavy atom. The summed E-state index contributed by atoms with van der Waals surface area (Å²) in [5.74, 6) is -0.0469. The molecule has 0 rings (SSSR count). The normalized spacial score (nSPS) is 11.8. The van der Waals surface area contributed by atoms with E-state index in [1.54, 1.807) is 0 Å². The summed E-state index contributed by atoms with van der Waals surface area (Å²) in [6.45, 7) is 6.60. The molecule has 0 fully saturated rings. The van der Waals surface area contributed by atoms with Gasteiger partial charge in [-0.1, -0.05) is 27.2 Å². The zero-order valence-electron chi connectivity index (χ0n) is 13.9. The van der Waals surface area contributed by atoms with Crippen molar-refractivity contribution in [1.82, 2.24) is 0 Å². The van der Waals surface area contributed by atoms with Crippen LogP contribution in [0.2, 0.25) is 0 Å². The van der Waals surface area contributed by atoms with Gasteiger partial charge in [-0.2, -0.15) is 0 Å². The van der Waals surface area contributed by atoms with E-state index >= 15 is 0 Å². The van der Waals surface area contributed by atoms with E-state index in [0.29, 0.717) is 6.42 Å². The number of Topliss-reactive ketones (excluding diaryl/α,β-unsaturated/α-hetero) is 1. The van der Waals surface area contributed by atoms with Crippen LogP contribution in [0.25, 0.3) is 0 Å².